The van der Waals surface area contributed by atoms with Gasteiger partial charge in [0.25, 0.3) is 0 Å². The zero-order valence-electron chi connectivity index (χ0n) is 11.4. The minimum atomic E-state index is -0.920. The van der Waals surface area contributed by atoms with Crippen LogP contribution in [0, 0.1) is 5.92 Å². The predicted molar refractivity (Wildman–Crippen MR) is 66.7 cm³/mol. The van der Waals surface area contributed by atoms with E-state index in [9.17, 15) is 9.90 Å². The SMILES string of the molecule is CCCCC(C(=O)OC)C1(O)CC(C)N(C)C1. The first kappa shape index (κ1) is 14.5. The normalized spacial score (nSPS) is 31.5. The number of methoxy groups -OCH3 is 1. The van der Waals surface area contributed by atoms with Gasteiger partial charge >= 0.3 is 5.97 Å². The Morgan fingerprint density at radius 1 is 1.65 bits per heavy atom. The molecular weight excluding hydrogens is 218 g/mol. The summed E-state index contributed by atoms with van der Waals surface area (Å²) in [5.74, 6) is -0.664. The number of unbranched alkanes of at least 4 members (excludes halogenated alkanes) is 1. The number of nitrogens with zero attached hydrogens (tertiary/aromatic N) is 1. The highest BCUT2D eigenvalue weighted by molar-refractivity contribution is 5.73. The second kappa shape index (κ2) is 5.83. The standard InChI is InChI=1S/C13H25NO3/c1-5-6-7-11(12(15)17-4)13(16)8-10(2)14(3)9-13/h10-11,16H,5-9H2,1-4H3. The summed E-state index contributed by atoms with van der Waals surface area (Å²) >= 11 is 0. The van der Waals surface area contributed by atoms with Gasteiger partial charge < -0.3 is 14.7 Å². The van der Waals surface area contributed by atoms with Gasteiger partial charge in [-0.3, -0.25) is 4.79 Å². The van der Waals surface area contributed by atoms with Gasteiger partial charge in [-0.2, -0.15) is 0 Å². The number of likely N-dealkylation sites (N-methyl/N-ethyl adjacent to an activating group) is 1. The average Bonchev–Trinajstić information content (AvgIpc) is 2.53. The van der Waals surface area contributed by atoms with Crippen LogP contribution in [0.3, 0.4) is 0 Å². The molecule has 0 aromatic rings. The van der Waals surface area contributed by atoms with Crippen molar-refractivity contribution in [2.24, 2.45) is 5.92 Å². The van der Waals surface area contributed by atoms with E-state index >= 15 is 0 Å². The van der Waals surface area contributed by atoms with Gasteiger partial charge in [0.05, 0.1) is 18.6 Å². The van der Waals surface area contributed by atoms with E-state index in [0.717, 1.165) is 12.8 Å². The van der Waals surface area contributed by atoms with Gasteiger partial charge in [0.2, 0.25) is 0 Å². The average molecular weight is 243 g/mol. The van der Waals surface area contributed by atoms with Gasteiger partial charge in [-0.25, -0.2) is 0 Å². The molecule has 0 aromatic carbocycles. The summed E-state index contributed by atoms with van der Waals surface area (Å²) in [7, 11) is 3.38. The molecular formula is C13H25NO3. The lowest BCUT2D eigenvalue weighted by Gasteiger charge is -2.30. The maximum atomic E-state index is 11.8. The van der Waals surface area contributed by atoms with E-state index in [1.807, 2.05) is 7.05 Å². The highest BCUT2D eigenvalue weighted by atomic mass is 16.5. The molecule has 1 aliphatic rings. The third-order valence-corrected chi connectivity index (χ3v) is 3.91. The molecule has 0 aromatic heterocycles. The first-order chi connectivity index (χ1) is 7.94. The van der Waals surface area contributed by atoms with Crippen molar-refractivity contribution in [3.8, 4) is 0 Å². The minimum Gasteiger partial charge on any atom is -0.469 e. The van der Waals surface area contributed by atoms with Crippen LogP contribution in [0.5, 0.6) is 0 Å². The number of ether oxygens (including phenoxy) is 1. The lowest BCUT2D eigenvalue weighted by Crippen LogP contribution is -2.44. The van der Waals surface area contributed by atoms with Gasteiger partial charge in [-0.15, -0.1) is 0 Å². The largest absolute Gasteiger partial charge is 0.469 e. The molecule has 1 N–H and O–H groups in total. The Labute approximate surface area is 104 Å². The number of β-amino-alcohol motifs (C(OH)–C–C–N with tert-alkyl or cyclic N) is 1. The quantitative estimate of drug-likeness (QED) is 0.742. The predicted octanol–water partition coefficient (Wildman–Crippen LogP) is 1.42. The zero-order chi connectivity index (χ0) is 13.1. The van der Waals surface area contributed by atoms with Crippen molar-refractivity contribution >= 4 is 5.97 Å². The topological polar surface area (TPSA) is 49.8 Å². The second-order valence-electron chi connectivity index (χ2n) is 5.29. The first-order valence-corrected chi connectivity index (χ1v) is 6.45. The van der Waals surface area contributed by atoms with E-state index in [1.165, 1.54) is 7.11 Å². The molecule has 1 aliphatic heterocycles. The number of hydrogen-bond donors (Lipinski definition) is 1. The van der Waals surface area contributed by atoms with E-state index in [2.05, 4.69) is 18.7 Å². The number of aliphatic hydroxyl groups is 1. The fourth-order valence-corrected chi connectivity index (χ4v) is 2.73. The summed E-state index contributed by atoms with van der Waals surface area (Å²) in [5.41, 5.74) is -0.920. The highest BCUT2D eigenvalue weighted by Gasteiger charge is 2.48. The van der Waals surface area contributed by atoms with Gasteiger partial charge in [-0.1, -0.05) is 19.8 Å². The van der Waals surface area contributed by atoms with Gasteiger partial charge in [0, 0.05) is 12.6 Å². The fraction of sp³-hybridized carbons (Fsp3) is 0.923. The second-order valence-corrected chi connectivity index (χ2v) is 5.29. The molecule has 4 nitrogen and oxygen atoms in total. The molecule has 3 unspecified atom stereocenters. The van der Waals surface area contributed by atoms with Gasteiger partial charge in [0.15, 0.2) is 0 Å². The molecule has 1 saturated heterocycles. The Kier molecular flexibility index (Phi) is 4.95. The third kappa shape index (κ3) is 3.19. The Bertz CT molecular complexity index is 257. The first-order valence-electron chi connectivity index (χ1n) is 6.45. The number of esters is 1. The molecule has 1 fully saturated rings. The maximum Gasteiger partial charge on any atom is 0.311 e. The van der Waals surface area contributed by atoms with E-state index in [0.29, 0.717) is 25.4 Å². The van der Waals surface area contributed by atoms with Crippen LogP contribution in [0.1, 0.15) is 39.5 Å². The maximum absolute atomic E-state index is 11.8. The van der Waals surface area contributed by atoms with Crippen LogP contribution in [-0.4, -0.2) is 48.3 Å². The Hall–Kier alpha value is -0.610. The number of carbonyl (C=O) groups is 1. The summed E-state index contributed by atoms with van der Waals surface area (Å²) in [6, 6.07) is 0.314. The Morgan fingerprint density at radius 3 is 2.71 bits per heavy atom. The Balaban J connectivity index is 2.78. The van der Waals surface area contributed by atoms with E-state index in [1.54, 1.807) is 0 Å². The molecule has 4 heteroatoms. The molecule has 0 bridgehead atoms. The van der Waals surface area contributed by atoms with Gasteiger partial charge in [-0.05, 0) is 26.8 Å². The van der Waals surface area contributed by atoms with Crippen LogP contribution in [0.4, 0.5) is 0 Å². The smallest absolute Gasteiger partial charge is 0.311 e. The Morgan fingerprint density at radius 2 is 2.29 bits per heavy atom. The molecule has 17 heavy (non-hydrogen) atoms. The molecule has 0 radical (unpaired) electrons. The highest BCUT2D eigenvalue weighted by Crippen LogP contribution is 2.35. The summed E-state index contributed by atoms with van der Waals surface area (Å²) < 4.78 is 4.84. The van der Waals surface area contributed by atoms with E-state index in [4.69, 9.17) is 4.74 Å². The molecule has 0 aliphatic carbocycles. The third-order valence-electron chi connectivity index (χ3n) is 3.91. The molecule has 100 valence electrons. The van der Waals surface area contributed by atoms with E-state index < -0.39 is 5.60 Å². The van der Waals surface area contributed by atoms with Crippen molar-refractivity contribution in [3.63, 3.8) is 0 Å². The van der Waals surface area contributed by atoms with Crippen molar-refractivity contribution in [1.29, 1.82) is 0 Å². The summed E-state index contributed by atoms with van der Waals surface area (Å²) in [6.07, 6.45) is 3.32. The van der Waals surface area contributed by atoms with Crippen molar-refractivity contribution in [3.05, 3.63) is 0 Å². The van der Waals surface area contributed by atoms with Crippen LogP contribution in [0.2, 0.25) is 0 Å². The lowest BCUT2D eigenvalue weighted by atomic mass is 9.82. The number of carbonyl (C=O) groups excluding carboxylic acids is 1. The fourth-order valence-electron chi connectivity index (χ4n) is 2.73. The van der Waals surface area contributed by atoms with Crippen LogP contribution >= 0.6 is 0 Å². The van der Waals surface area contributed by atoms with Crippen LogP contribution in [0.15, 0.2) is 0 Å². The van der Waals surface area contributed by atoms with E-state index in [-0.39, 0.29) is 11.9 Å². The summed E-state index contributed by atoms with van der Waals surface area (Å²) in [4.78, 5) is 13.9. The number of hydrogen-bond acceptors (Lipinski definition) is 4. The molecule has 3 atom stereocenters. The molecule has 0 saturated carbocycles. The molecule has 1 heterocycles. The minimum absolute atomic E-state index is 0.275. The van der Waals surface area contributed by atoms with Crippen molar-refractivity contribution in [2.45, 2.75) is 51.2 Å². The monoisotopic (exact) mass is 243 g/mol. The van der Waals surface area contributed by atoms with Crippen LogP contribution in [-0.2, 0) is 9.53 Å². The van der Waals surface area contributed by atoms with Gasteiger partial charge in [0.1, 0.15) is 0 Å². The molecule has 0 spiro atoms. The van der Waals surface area contributed by atoms with Crippen molar-refractivity contribution in [1.82, 2.24) is 4.90 Å². The van der Waals surface area contributed by atoms with Crippen LogP contribution < -0.4 is 0 Å². The van der Waals surface area contributed by atoms with Crippen LogP contribution in [0.25, 0.3) is 0 Å². The number of rotatable bonds is 5. The summed E-state index contributed by atoms with van der Waals surface area (Å²) in [6.45, 7) is 4.71. The van der Waals surface area contributed by atoms with Crippen molar-refractivity contribution in [2.75, 3.05) is 20.7 Å². The van der Waals surface area contributed by atoms with Crippen molar-refractivity contribution < 1.29 is 14.6 Å². The lowest BCUT2D eigenvalue weighted by molar-refractivity contribution is -0.155. The summed E-state index contributed by atoms with van der Waals surface area (Å²) in [5, 5.41) is 10.7. The molecule has 1 rings (SSSR count). The zero-order valence-corrected chi connectivity index (χ0v) is 11.4. The molecule has 0 amide bonds. The number of likely N-dealkylation sites (tertiary alicyclic amines) is 1.